The number of likely N-dealkylation sites (tertiary alicyclic amines) is 1. The molecular weight excluding hydrogens is 286 g/mol. The number of hydrogen-bond acceptors (Lipinski definition) is 4. The van der Waals surface area contributed by atoms with Gasteiger partial charge in [-0.2, -0.15) is 0 Å². The summed E-state index contributed by atoms with van der Waals surface area (Å²) in [5.41, 5.74) is 0.544. The fraction of sp³-hybridized carbons (Fsp3) is 0.533. The first-order chi connectivity index (χ1) is 9.91. The predicted molar refractivity (Wildman–Crippen MR) is 83.3 cm³/mol. The molecule has 1 atom stereocenters. The zero-order chi connectivity index (χ0) is 15.6. The molecule has 1 aromatic rings. The minimum atomic E-state index is -0.0488. The molecule has 1 saturated heterocycles. The fourth-order valence-electron chi connectivity index (χ4n) is 2.44. The number of hydrogen-bond donors (Lipinski definition) is 0. The van der Waals surface area contributed by atoms with Gasteiger partial charge in [-0.1, -0.05) is 6.58 Å². The van der Waals surface area contributed by atoms with E-state index in [1.807, 2.05) is 4.90 Å². The van der Waals surface area contributed by atoms with Crippen molar-refractivity contribution in [1.29, 1.82) is 0 Å². The second-order valence-corrected chi connectivity index (χ2v) is 6.62. The summed E-state index contributed by atoms with van der Waals surface area (Å²) < 4.78 is 0. The number of thiazole rings is 1. The first-order valence-corrected chi connectivity index (χ1v) is 7.87. The summed E-state index contributed by atoms with van der Waals surface area (Å²) in [5, 5.41) is 0.842. The Balaban J connectivity index is 2.24. The molecule has 1 fully saturated rings. The van der Waals surface area contributed by atoms with Crippen molar-refractivity contribution in [3.05, 3.63) is 28.2 Å². The molecule has 2 heterocycles. The van der Waals surface area contributed by atoms with Gasteiger partial charge in [0.15, 0.2) is 0 Å². The summed E-state index contributed by atoms with van der Waals surface area (Å²) in [5.74, 6) is -0.0669. The lowest BCUT2D eigenvalue weighted by molar-refractivity contribution is -0.130. The zero-order valence-electron chi connectivity index (χ0n) is 12.8. The Bertz CT molecular complexity index is 565. The molecular formula is C15H21N3O2S. The highest BCUT2D eigenvalue weighted by atomic mass is 32.1. The summed E-state index contributed by atoms with van der Waals surface area (Å²) >= 11 is 1.38. The molecule has 0 N–H and O–H groups in total. The molecule has 0 saturated carbocycles. The smallest absolute Gasteiger partial charge is 0.265 e. The van der Waals surface area contributed by atoms with Crippen LogP contribution in [0, 0.1) is 0 Å². The van der Waals surface area contributed by atoms with Crippen molar-refractivity contribution in [2.24, 2.45) is 0 Å². The van der Waals surface area contributed by atoms with Crippen LogP contribution in [0.4, 0.5) is 0 Å². The van der Waals surface area contributed by atoms with Crippen molar-refractivity contribution in [2.45, 2.75) is 32.2 Å². The number of nitrogens with zero attached hydrogens (tertiary/aromatic N) is 3. The third-order valence-corrected chi connectivity index (χ3v) is 4.64. The third kappa shape index (κ3) is 3.32. The summed E-state index contributed by atoms with van der Waals surface area (Å²) in [4.78, 5) is 32.6. The van der Waals surface area contributed by atoms with E-state index in [4.69, 9.17) is 0 Å². The van der Waals surface area contributed by atoms with Gasteiger partial charge in [-0.05, 0) is 26.2 Å². The maximum absolute atomic E-state index is 12.3. The van der Waals surface area contributed by atoms with E-state index in [1.54, 1.807) is 27.2 Å². The first-order valence-electron chi connectivity index (χ1n) is 7.05. The number of rotatable bonds is 3. The Hall–Kier alpha value is -1.69. The highest BCUT2D eigenvalue weighted by molar-refractivity contribution is 7.13. The average Bonchev–Trinajstić information content (AvgIpc) is 2.95. The standard InChI is InChI=1S/C15H21N3O2S/c1-10(2)14(19)18-8-6-5-7-11(18)13-16-9-12(21-13)15(20)17(3)4/h9,11H,1,5-8H2,2-4H3. The average molecular weight is 307 g/mol. The minimum Gasteiger partial charge on any atom is -0.344 e. The van der Waals surface area contributed by atoms with E-state index in [0.29, 0.717) is 10.5 Å². The van der Waals surface area contributed by atoms with Crippen LogP contribution in [0.2, 0.25) is 0 Å². The second kappa shape index (κ2) is 6.39. The Morgan fingerprint density at radius 2 is 2.14 bits per heavy atom. The number of amides is 2. The van der Waals surface area contributed by atoms with Gasteiger partial charge in [-0.25, -0.2) is 4.98 Å². The molecule has 1 aliphatic heterocycles. The lowest BCUT2D eigenvalue weighted by Gasteiger charge is -2.34. The summed E-state index contributed by atoms with van der Waals surface area (Å²) in [6.45, 7) is 6.21. The van der Waals surface area contributed by atoms with E-state index >= 15 is 0 Å². The number of piperidine rings is 1. The first kappa shape index (κ1) is 15.7. The van der Waals surface area contributed by atoms with Gasteiger partial charge in [0.25, 0.3) is 5.91 Å². The molecule has 0 aromatic carbocycles. The Morgan fingerprint density at radius 1 is 1.43 bits per heavy atom. The van der Waals surface area contributed by atoms with Crippen molar-refractivity contribution in [3.8, 4) is 0 Å². The SMILES string of the molecule is C=C(C)C(=O)N1CCCCC1c1ncc(C(=O)N(C)C)s1. The predicted octanol–water partition coefficient (Wildman–Crippen LogP) is 2.47. The Labute approximate surface area is 129 Å². The number of carbonyl (C=O) groups is 2. The van der Waals surface area contributed by atoms with Crippen LogP contribution < -0.4 is 0 Å². The van der Waals surface area contributed by atoms with Crippen LogP contribution in [0.1, 0.15) is 46.9 Å². The molecule has 6 heteroatoms. The Morgan fingerprint density at radius 3 is 2.76 bits per heavy atom. The third-order valence-electron chi connectivity index (χ3n) is 3.55. The summed E-state index contributed by atoms with van der Waals surface area (Å²) in [6, 6.07) is -0.0309. The Kier molecular flexibility index (Phi) is 4.77. The monoisotopic (exact) mass is 307 g/mol. The maximum atomic E-state index is 12.3. The normalized spacial score (nSPS) is 18.4. The topological polar surface area (TPSA) is 53.5 Å². The van der Waals surface area contributed by atoms with Crippen molar-refractivity contribution < 1.29 is 9.59 Å². The van der Waals surface area contributed by atoms with E-state index in [1.165, 1.54) is 16.2 Å². The molecule has 2 rings (SSSR count). The highest BCUT2D eigenvalue weighted by Crippen LogP contribution is 2.34. The molecule has 1 aliphatic rings. The minimum absolute atomic E-state index is 0.0182. The zero-order valence-corrected chi connectivity index (χ0v) is 13.6. The van der Waals surface area contributed by atoms with Crippen molar-refractivity contribution >= 4 is 23.2 Å². The van der Waals surface area contributed by atoms with Crippen molar-refractivity contribution in [2.75, 3.05) is 20.6 Å². The molecule has 0 bridgehead atoms. The van der Waals surface area contributed by atoms with E-state index in [9.17, 15) is 9.59 Å². The van der Waals surface area contributed by atoms with Gasteiger partial charge in [-0.3, -0.25) is 9.59 Å². The number of carbonyl (C=O) groups excluding carboxylic acids is 2. The van der Waals surface area contributed by atoms with E-state index in [-0.39, 0.29) is 17.9 Å². The van der Waals surface area contributed by atoms with Gasteiger partial charge in [0, 0.05) is 26.2 Å². The fourth-order valence-corrected chi connectivity index (χ4v) is 3.52. The lowest BCUT2D eigenvalue weighted by Crippen LogP contribution is -2.38. The van der Waals surface area contributed by atoms with Gasteiger partial charge in [0.1, 0.15) is 9.88 Å². The molecule has 114 valence electrons. The molecule has 1 aromatic heterocycles. The molecule has 0 spiro atoms. The lowest BCUT2D eigenvalue weighted by atomic mass is 10.0. The van der Waals surface area contributed by atoms with E-state index in [2.05, 4.69) is 11.6 Å². The van der Waals surface area contributed by atoms with Crippen LogP contribution in [0.5, 0.6) is 0 Å². The molecule has 5 nitrogen and oxygen atoms in total. The molecule has 0 aliphatic carbocycles. The van der Waals surface area contributed by atoms with Crippen LogP contribution >= 0.6 is 11.3 Å². The van der Waals surface area contributed by atoms with Crippen LogP contribution in [-0.4, -0.2) is 47.2 Å². The molecule has 21 heavy (non-hydrogen) atoms. The largest absolute Gasteiger partial charge is 0.344 e. The maximum Gasteiger partial charge on any atom is 0.265 e. The second-order valence-electron chi connectivity index (χ2n) is 5.55. The quantitative estimate of drug-likeness (QED) is 0.806. The van der Waals surface area contributed by atoms with Gasteiger partial charge in [0.2, 0.25) is 5.91 Å². The molecule has 1 unspecified atom stereocenters. The van der Waals surface area contributed by atoms with Crippen LogP contribution in [-0.2, 0) is 4.79 Å². The van der Waals surface area contributed by atoms with Crippen molar-refractivity contribution in [3.63, 3.8) is 0 Å². The number of aromatic nitrogens is 1. The van der Waals surface area contributed by atoms with Gasteiger partial charge < -0.3 is 9.80 Å². The summed E-state index contributed by atoms with van der Waals surface area (Å²) in [6.07, 6.45) is 4.58. The van der Waals surface area contributed by atoms with E-state index < -0.39 is 0 Å². The highest BCUT2D eigenvalue weighted by Gasteiger charge is 2.30. The van der Waals surface area contributed by atoms with Crippen molar-refractivity contribution in [1.82, 2.24) is 14.8 Å². The van der Waals surface area contributed by atoms with Crippen LogP contribution in [0.3, 0.4) is 0 Å². The van der Waals surface area contributed by atoms with Crippen LogP contribution in [0.15, 0.2) is 18.3 Å². The molecule has 2 amide bonds. The van der Waals surface area contributed by atoms with Crippen LogP contribution in [0.25, 0.3) is 0 Å². The van der Waals surface area contributed by atoms with Gasteiger partial charge in [0.05, 0.1) is 12.2 Å². The van der Waals surface area contributed by atoms with Gasteiger partial charge >= 0.3 is 0 Å². The van der Waals surface area contributed by atoms with Gasteiger partial charge in [-0.15, -0.1) is 11.3 Å². The van der Waals surface area contributed by atoms with E-state index in [0.717, 1.165) is 30.8 Å². The summed E-state index contributed by atoms with van der Waals surface area (Å²) in [7, 11) is 3.44. The molecule has 0 radical (unpaired) electrons.